The molecule has 0 aromatic carbocycles. The lowest BCUT2D eigenvalue weighted by molar-refractivity contribution is 1.02. The summed E-state index contributed by atoms with van der Waals surface area (Å²) in [5, 5.41) is 10.5. The molecule has 2 aromatic rings. The summed E-state index contributed by atoms with van der Waals surface area (Å²) in [5.41, 5.74) is 4.74. The number of nitrogens with one attached hydrogen (secondary N) is 1. The van der Waals surface area contributed by atoms with Crippen LogP contribution in [0.3, 0.4) is 0 Å². The lowest BCUT2D eigenvalue weighted by atomic mass is 10.3. The zero-order valence-corrected chi connectivity index (χ0v) is 11.2. The van der Waals surface area contributed by atoms with Crippen LogP contribution in [0.1, 0.15) is 16.3 Å². The zero-order chi connectivity index (χ0) is 12.3. The predicted octanol–water partition coefficient (Wildman–Crippen LogP) is 2.13. The third-order valence-electron chi connectivity index (χ3n) is 2.01. The van der Waals surface area contributed by atoms with Crippen molar-refractivity contribution < 1.29 is 0 Å². The molecule has 2 aromatic heterocycles. The van der Waals surface area contributed by atoms with E-state index in [0.717, 1.165) is 21.5 Å². The summed E-state index contributed by atoms with van der Waals surface area (Å²) in [4.78, 5) is 4.46. The number of thioether (sulfide) groups is 1. The minimum Gasteiger partial charge on any atom is -0.298 e. The van der Waals surface area contributed by atoms with Crippen LogP contribution in [0.4, 0.5) is 5.13 Å². The first-order chi connectivity index (χ1) is 8.17. The standard InChI is InChI=1S/C10H13N5S2/c1-6-3-7(2)12-8(4-6)16-5-9-14-15-10(13-11)17-9/h3-4H,5,11H2,1-2H3,(H,13,15). The predicted molar refractivity (Wildman–Crippen MR) is 71.0 cm³/mol. The van der Waals surface area contributed by atoms with E-state index in [1.807, 2.05) is 6.92 Å². The van der Waals surface area contributed by atoms with Crippen LogP contribution >= 0.6 is 23.1 Å². The highest BCUT2D eigenvalue weighted by atomic mass is 32.2. The molecule has 0 aliphatic carbocycles. The maximum atomic E-state index is 5.25. The zero-order valence-electron chi connectivity index (χ0n) is 9.60. The molecule has 17 heavy (non-hydrogen) atoms. The molecule has 0 amide bonds. The summed E-state index contributed by atoms with van der Waals surface area (Å²) in [5.74, 6) is 6.01. The summed E-state index contributed by atoms with van der Waals surface area (Å²) in [6, 6.07) is 4.13. The molecule has 0 aliphatic heterocycles. The molecule has 0 saturated heterocycles. The molecule has 5 nitrogen and oxygen atoms in total. The second-order valence-corrected chi connectivity index (χ2v) is 5.62. The first kappa shape index (κ1) is 12.3. The normalized spacial score (nSPS) is 10.5. The Bertz CT molecular complexity index is 491. The van der Waals surface area contributed by atoms with E-state index < -0.39 is 0 Å². The Morgan fingerprint density at radius 3 is 2.82 bits per heavy atom. The van der Waals surface area contributed by atoms with Gasteiger partial charge in [0.2, 0.25) is 5.13 Å². The van der Waals surface area contributed by atoms with Gasteiger partial charge in [-0.15, -0.1) is 10.2 Å². The quantitative estimate of drug-likeness (QED) is 0.502. The van der Waals surface area contributed by atoms with Gasteiger partial charge in [0, 0.05) is 5.69 Å². The molecule has 0 unspecified atom stereocenters. The van der Waals surface area contributed by atoms with Crippen molar-refractivity contribution in [3.05, 3.63) is 28.4 Å². The van der Waals surface area contributed by atoms with Gasteiger partial charge in [-0.05, 0) is 31.5 Å². The summed E-state index contributed by atoms with van der Waals surface area (Å²) >= 11 is 3.11. The van der Waals surface area contributed by atoms with Crippen molar-refractivity contribution in [1.82, 2.24) is 15.2 Å². The van der Waals surface area contributed by atoms with Crippen LogP contribution in [-0.4, -0.2) is 15.2 Å². The number of anilines is 1. The lowest BCUT2D eigenvalue weighted by Gasteiger charge is -2.01. The van der Waals surface area contributed by atoms with Crippen LogP contribution in [0.2, 0.25) is 0 Å². The maximum absolute atomic E-state index is 5.25. The van der Waals surface area contributed by atoms with Gasteiger partial charge in [-0.1, -0.05) is 23.1 Å². The summed E-state index contributed by atoms with van der Waals surface area (Å²) < 4.78 is 0. The number of hydrogen-bond donors (Lipinski definition) is 2. The summed E-state index contributed by atoms with van der Waals surface area (Å²) in [7, 11) is 0. The third-order valence-corrected chi connectivity index (χ3v) is 3.97. The van der Waals surface area contributed by atoms with Gasteiger partial charge in [0.15, 0.2) is 0 Å². The topological polar surface area (TPSA) is 76.7 Å². The number of aryl methyl sites for hydroxylation is 2. The van der Waals surface area contributed by atoms with Crippen molar-refractivity contribution in [3.63, 3.8) is 0 Å². The van der Waals surface area contributed by atoms with Crippen LogP contribution in [0.15, 0.2) is 17.2 Å². The van der Waals surface area contributed by atoms with Crippen LogP contribution in [0, 0.1) is 13.8 Å². The number of rotatable bonds is 4. The minimum absolute atomic E-state index is 0.633. The molecule has 2 rings (SSSR count). The number of hydrogen-bond acceptors (Lipinski definition) is 7. The molecule has 0 aliphatic rings. The molecule has 3 N–H and O–H groups in total. The minimum atomic E-state index is 0.633. The van der Waals surface area contributed by atoms with E-state index in [0.29, 0.717) is 5.13 Å². The highest BCUT2D eigenvalue weighted by Gasteiger charge is 2.05. The SMILES string of the molecule is Cc1cc(C)nc(SCc2nnc(NN)s2)c1. The van der Waals surface area contributed by atoms with Crippen LogP contribution in [0.25, 0.3) is 0 Å². The first-order valence-electron chi connectivity index (χ1n) is 5.04. The van der Waals surface area contributed by atoms with Crippen LogP contribution in [-0.2, 0) is 5.75 Å². The molecule has 2 heterocycles. The Hall–Kier alpha value is -1.18. The van der Waals surface area contributed by atoms with Crippen molar-refractivity contribution in [1.29, 1.82) is 0 Å². The number of aromatic nitrogens is 3. The molecule has 0 atom stereocenters. The number of nitrogens with zero attached hydrogens (tertiary/aromatic N) is 3. The Morgan fingerprint density at radius 2 is 2.18 bits per heavy atom. The van der Waals surface area contributed by atoms with Crippen molar-refractivity contribution in [2.75, 3.05) is 5.43 Å². The monoisotopic (exact) mass is 267 g/mol. The molecule has 0 bridgehead atoms. The number of pyridine rings is 1. The molecule has 0 saturated carbocycles. The van der Waals surface area contributed by atoms with Gasteiger partial charge < -0.3 is 0 Å². The fourth-order valence-corrected chi connectivity index (χ4v) is 3.05. The van der Waals surface area contributed by atoms with Crippen molar-refractivity contribution in [2.24, 2.45) is 5.84 Å². The Labute approximate surface area is 108 Å². The first-order valence-corrected chi connectivity index (χ1v) is 6.84. The smallest absolute Gasteiger partial charge is 0.219 e. The fraction of sp³-hybridized carbons (Fsp3) is 0.300. The van der Waals surface area contributed by atoms with E-state index in [4.69, 9.17) is 5.84 Å². The highest BCUT2D eigenvalue weighted by Crippen LogP contribution is 2.25. The second-order valence-electron chi connectivity index (χ2n) is 3.56. The van der Waals surface area contributed by atoms with Crippen molar-refractivity contribution in [3.8, 4) is 0 Å². The molecular weight excluding hydrogens is 254 g/mol. The van der Waals surface area contributed by atoms with E-state index in [1.54, 1.807) is 11.8 Å². The van der Waals surface area contributed by atoms with Crippen LogP contribution < -0.4 is 11.3 Å². The summed E-state index contributed by atoms with van der Waals surface area (Å²) in [6.45, 7) is 4.07. The Morgan fingerprint density at radius 1 is 1.35 bits per heavy atom. The highest BCUT2D eigenvalue weighted by molar-refractivity contribution is 7.98. The van der Waals surface area contributed by atoms with Gasteiger partial charge in [-0.2, -0.15) is 0 Å². The Balaban J connectivity index is 2.01. The van der Waals surface area contributed by atoms with E-state index in [-0.39, 0.29) is 0 Å². The van der Waals surface area contributed by atoms with Crippen molar-refractivity contribution >= 4 is 28.2 Å². The summed E-state index contributed by atoms with van der Waals surface area (Å²) in [6.07, 6.45) is 0. The third kappa shape index (κ3) is 3.39. The molecule has 0 radical (unpaired) electrons. The van der Waals surface area contributed by atoms with E-state index in [9.17, 15) is 0 Å². The van der Waals surface area contributed by atoms with Gasteiger partial charge in [0.25, 0.3) is 0 Å². The number of hydrazine groups is 1. The molecule has 7 heteroatoms. The van der Waals surface area contributed by atoms with E-state index in [2.05, 4.69) is 39.7 Å². The molecular formula is C10H13N5S2. The number of nitrogen functional groups attached to an aromatic ring is 1. The van der Waals surface area contributed by atoms with Gasteiger partial charge >= 0.3 is 0 Å². The average molecular weight is 267 g/mol. The molecule has 90 valence electrons. The maximum Gasteiger partial charge on any atom is 0.219 e. The lowest BCUT2D eigenvalue weighted by Crippen LogP contribution is -2.05. The molecule has 0 spiro atoms. The van der Waals surface area contributed by atoms with E-state index >= 15 is 0 Å². The largest absolute Gasteiger partial charge is 0.298 e. The van der Waals surface area contributed by atoms with Gasteiger partial charge in [0.1, 0.15) is 5.01 Å². The van der Waals surface area contributed by atoms with Gasteiger partial charge in [-0.3, -0.25) is 5.43 Å². The van der Waals surface area contributed by atoms with Crippen molar-refractivity contribution in [2.45, 2.75) is 24.6 Å². The Kier molecular flexibility index (Phi) is 3.93. The van der Waals surface area contributed by atoms with Gasteiger partial charge in [-0.25, -0.2) is 10.8 Å². The van der Waals surface area contributed by atoms with Gasteiger partial charge in [0.05, 0.1) is 10.8 Å². The number of nitrogens with two attached hydrogens (primary N) is 1. The van der Waals surface area contributed by atoms with E-state index in [1.165, 1.54) is 16.9 Å². The fourth-order valence-electron chi connectivity index (χ4n) is 1.38. The second kappa shape index (κ2) is 5.44. The molecule has 0 fully saturated rings. The average Bonchev–Trinajstić information content (AvgIpc) is 2.73. The van der Waals surface area contributed by atoms with Crippen LogP contribution in [0.5, 0.6) is 0 Å².